The summed E-state index contributed by atoms with van der Waals surface area (Å²) in [6, 6.07) is 8.39. The van der Waals surface area contributed by atoms with Gasteiger partial charge in [-0.25, -0.2) is 8.42 Å². The lowest BCUT2D eigenvalue weighted by Gasteiger charge is -2.36. The second kappa shape index (κ2) is 7.65. The highest BCUT2D eigenvalue weighted by atomic mass is 32.2. The Balaban J connectivity index is 1.41. The molecular weight excluding hydrogens is 412 g/mol. The number of benzene rings is 1. The third-order valence-electron chi connectivity index (χ3n) is 5.20. The lowest BCUT2D eigenvalue weighted by atomic mass is 10.2. The number of rotatable bonds is 4. The molecule has 2 amide bonds. The van der Waals surface area contributed by atoms with E-state index < -0.39 is 22.0 Å². The second-order valence-electron chi connectivity index (χ2n) is 7.13. The number of primary amides is 1. The number of nitrogens with zero attached hydrogens (tertiary/aromatic N) is 3. The standard InChI is InChI=1S/C19H22N4O6S/c1-21-11-13(10-14(21)18(20)24)30(26,27)23-8-6-22(7-9-23)19(25)17-12-28-15-4-2-3-5-16(15)29-17/h2-5,10-11,17H,6-9,12H2,1H3,(H2,20,24)/t17-/m1/s1. The molecule has 3 heterocycles. The summed E-state index contributed by atoms with van der Waals surface area (Å²) < 4.78 is 39.8. The second-order valence-corrected chi connectivity index (χ2v) is 9.07. The first-order valence-corrected chi connectivity index (χ1v) is 10.8. The zero-order chi connectivity index (χ0) is 21.5. The number of hydrogen-bond acceptors (Lipinski definition) is 6. The van der Waals surface area contributed by atoms with Gasteiger partial charge in [0, 0.05) is 39.4 Å². The molecule has 1 atom stereocenters. The Morgan fingerprint density at radius 2 is 1.77 bits per heavy atom. The van der Waals surface area contributed by atoms with E-state index in [0.717, 1.165) is 0 Å². The van der Waals surface area contributed by atoms with Crippen LogP contribution in [0.25, 0.3) is 0 Å². The molecule has 0 saturated carbocycles. The molecule has 2 aliphatic heterocycles. The van der Waals surface area contributed by atoms with Crippen LogP contribution in [-0.2, 0) is 21.9 Å². The van der Waals surface area contributed by atoms with Crippen LogP contribution in [0.4, 0.5) is 0 Å². The van der Waals surface area contributed by atoms with Crippen LogP contribution in [-0.4, -0.2) is 72.9 Å². The predicted molar refractivity (Wildman–Crippen MR) is 106 cm³/mol. The normalized spacial score (nSPS) is 19.5. The largest absolute Gasteiger partial charge is 0.485 e. The molecule has 4 rings (SSSR count). The molecule has 30 heavy (non-hydrogen) atoms. The van der Waals surface area contributed by atoms with E-state index in [0.29, 0.717) is 11.5 Å². The van der Waals surface area contributed by atoms with E-state index in [4.69, 9.17) is 15.2 Å². The van der Waals surface area contributed by atoms with Crippen molar-refractivity contribution in [2.24, 2.45) is 12.8 Å². The number of nitrogens with two attached hydrogens (primary N) is 1. The summed E-state index contributed by atoms with van der Waals surface area (Å²) in [6.45, 7) is 0.844. The molecular formula is C19H22N4O6S. The Morgan fingerprint density at radius 1 is 1.10 bits per heavy atom. The van der Waals surface area contributed by atoms with E-state index in [-0.39, 0.29) is 49.3 Å². The average Bonchev–Trinajstić information content (AvgIpc) is 3.16. The first kappa shape index (κ1) is 20.2. The Labute approximate surface area is 173 Å². The molecule has 1 saturated heterocycles. The summed E-state index contributed by atoms with van der Waals surface area (Å²) in [5.74, 6) is 0.163. The van der Waals surface area contributed by atoms with Gasteiger partial charge in [0.2, 0.25) is 16.1 Å². The predicted octanol–water partition coefficient (Wildman–Crippen LogP) is -0.203. The topological polar surface area (TPSA) is 124 Å². The maximum Gasteiger partial charge on any atom is 0.267 e. The maximum absolute atomic E-state index is 12.9. The summed E-state index contributed by atoms with van der Waals surface area (Å²) in [7, 11) is -2.24. The first-order valence-electron chi connectivity index (χ1n) is 9.41. The number of carbonyl (C=O) groups excluding carboxylic acids is 2. The van der Waals surface area contributed by atoms with Crippen LogP contribution in [0, 0.1) is 0 Å². The summed E-state index contributed by atoms with van der Waals surface area (Å²) in [4.78, 5) is 25.8. The van der Waals surface area contributed by atoms with Gasteiger partial charge in [-0.3, -0.25) is 9.59 Å². The van der Waals surface area contributed by atoms with Gasteiger partial charge >= 0.3 is 0 Å². The lowest BCUT2D eigenvalue weighted by molar-refractivity contribution is -0.142. The lowest BCUT2D eigenvalue weighted by Crippen LogP contribution is -2.55. The summed E-state index contributed by atoms with van der Waals surface area (Å²) in [5, 5.41) is 0. The zero-order valence-electron chi connectivity index (χ0n) is 16.4. The number of sulfonamides is 1. The number of aryl methyl sites for hydroxylation is 1. The third kappa shape index (κ3) is 3.61. The first-order chi connectivity index (χ1) is 14.3. The van der Waals surface area contributed by atoms with Crippen LogP contribution < -0.4 is 15.2 Å². The van der Waals surface area contributed by atoms with Crippen molar-refractivity contribution in [1.29, 1.82) is 0 Å². The molecule has 11 heteroatoms. The van der Waals surface area contributed by atoms with E-state index in [1.54, 1.807) is 30.1 Å². The highest BCUT2D eigenvalue weighted by Crippen LogP contribution is 2.31. The molecule has 0 spiro atoms. The average molecular weight is 434 g/mol. The van der Waals surface area contributed by atoms with Crippen molar-refractivity contribution < 1.29 is 27.5 Å². The monoisotopic (exact) mass is 434 g/mol. The maximum atomic E-state index is 12.9. The van der Waals surface area contributed by atoms with Crippen molar-refractivity contribution in [3.8, 4) is 11.5 Å². The van der Waals surface area contributed by atoms with Crippen LogP contribution in [0.3, 0.4) is 0 Å². The minimum Gasteiger partial charge on any atom is -0.485 e. The smallest absolute Gasteiger partial charge is 0.267 e. The summed E-state index contributed by atoms with van der Waals surface area (Å²) in [6.07, 6.45) is 0.590. The van der Waals surface area contributed by atoms with Crippen LogP contribution >= 0.6 is 0 Å². The van der Waals surface area contributed by atoms with Gasteiger partial charge in [0.15, 0.2) is 11.5 Å². The third-order valence-corrected chi connectivity index (χ3v) is 7.07. The van der Waals surface area contributed by atoms with Gasteiger partial charge in [0.1, 0.15) is 17.2 Å². The van der Waals surface area contributed by atoms with E-state index in [1.807, 2.05) is 6.07 Å². The van der Waals surface area contributed by atoms with Crippen molar-refractivity contribution in [2.45, 2.75) is 11.0 Å². The number of aromatic nitrogens is 1. The molecule has 2 aliphatic rings. The van der Waals surface area contributed by atoms with Gasteiger partial charge < -0.3 is 24.7 Å². The van der Waals surface area contributed by atoms with Gasteiger partial charge in [0.05, 0.1) is 0 Å². The highest BCUT2D eigenvalue weighted by molar-refractivity contribution is 7.89. The van der Waals surface area contributed by atoms with Crippen LogP contribution in [0.2, 0.25) is 0 Å². The number of carbonyl (C=O) groups is 2. The van der Waals surface area contributed by atoms with Gasteiger partial charge in [0.25, 0.3) is 11.8 Å². The number of piperazine rings is 1. The SMILES string of the molecule is Cn1cc(S(=O)(=O)N2CCN(C(=O)[C@H]3COc4ccccc4O3)CC2)cc1C(N)=O. The van der Waals surface area contributed by atoms with Gasteiger partial charge in [-0.2, -0.15) is 4.31 Å². The Hall–Kier alpha value is -3.05. The molecule has 2 aromatic rings. The number of para-hydroxylation sites is 2. The van der Waals surface area contributed by atoms with E-state index in [1.165, 1.54) is 21.1 Å². The Kier molecular flexibility index (Phi) is 5.16. The molecule has 0 radical (unpaired) electrons. The number of fused-ring (bicyclic) bond motifs is 1. The summed E-state index contributed by atoms with van der Waals surface area (Å²) >= 11 is 0. The van der Waals surface area contributed by atoms with Crippen LogP contribution in [0.15, 0.2) is 41.4 Å². The van der Waals surface area contributed by atoms with E-state index >= 15 is 0 Å². The molecule has 1 fully saturated rings. The van der Waals surface area contributed by atoms with E-state index in [2.05, 4.69) is 0 Å². The molecule has 1 aromatic heterocycles. The Morgan fingerprint density at radius 3 is 2.40 bits per heavy atom. The fraction of sp³-hybridized carbons (Fsp3) is 0.368. The van der Waals surface area contributed by atoms with Gasteiger partial charge in [-0.15, -0.1) is 0 Å². The van der Waals surface area contributed by atoms with Crippen molar-refractivity contribution >= 4 is 21.8 Å². The molecule has 2 N–H and O–H groups in total. The van der Waals surface area contributed by atoms with Crippen molar-refractivity contribution in [2.75, 3.05) is 32.8 Å². The highest BCUT2D eigenvalue weighted by Gasteiger charge is 2.36. The molecule has 10 nitrogen and oxygen atoms in total. The molecule has 0 unspecified atom stereocenters. The minimum absolute atomic E-state index is 0.000743. The quantitative estimate of drug-likeness (QED) is 0.711. The zero-order valence-corrected chi connectivity index (χ0v) is 17.2. The van der Waals surface area contributed by atoms with Crippen LogP contribution in [0.5, 0.6) is 11.5 Å². The summed E-state index contributed by atoms with van der Waals surface area (Å²) in [5.41, 5.74) is 5.38. The number of hydrogen-bond donors (Lipinski definition) is 1. The fourth-order valence-electron chi connectivity index (χ4n) is 3.56. The minimum atomic E-state index is -3.80. The fourth-order valence-corrected chi connectivity index (χ4v) is 5.06. The molecule has 0 bridgehead atoms. The molecule has 0 aliphatic carbocycles. The number of ether oxygens (including phenoxy) is 2. The number of amides is 2. The van der Waals surface area contributed by atoms with Gasteiger partial charge in [-0.05, 0) is 18.2 Å². The molecule has 1 aromatic carbocycles. The van der Waals surface area contributed by atoms with Crippen molar-refractivity contribution in [1.82, 2.24) is 13.8 Å². The van der Waals surface area contributed by atoms with Crippen LogP contribution in [0.1, 0.15) is 10.5 Å². The van der Waals surface area contributed by atoms with Gasteiger partial charge in [-0.1, -0.05) is 12.1 Å². The molecule has 160 valence electrons. The Bertz CT molecular complexity index is 1090. The van der Waals surface area contributed by atoms with Crippen molar-refractivity contribution in [3.05, 3.63) is 42.2 Å². The van der Waals surface area contributed by atoms with Crippen molar-refractivity contribution in [3.63, 3.8) is 0 Å². The van der Waals surface area contributed by atoms with E-state index in [9.17, 15) is 18.0 Å².